The van der Waals surface area contributed by atoms with E-state index >= 15 is 0 Å². The van der Waals surface area contributed by atoms with Gasteiger partial charge in [-0.1, -0.05) is 26.0 Å². The highest BCUT2D eigenvalue weighted by Gasteiger charge is 2.17. The first-order valence-electron chi connectivity index (χ1n) is 5.60. The monoisotopic (exact) mass is 257 g/mol. The fraction of sp³-hybridized carbons (Fsp3) is 0.500. The third-order valence-corrected chi connectivity index (χ3v) is 4.05. The molecule has 2 N–H and O–H groups in total. The van der Waals surface area contributed by atoms with E-state index in [4.69, 9.17) is 5.11 Å². The minimum absolute atomic E-state index is 0.219. The molecule has 5 heteroatoms. The van der Waals surface area contributed by atoms with Gasteiger partial charge in [0.05, 0.1) is 11.5 Å². The van der Waals surface area contributed by atoms with Crippen LogP contribution in [0.25, 0.3) is 0 Å². The first-order valence-corrected chi connectivity index (χ1v) is 7.08. The van der Waals surface area contributed by atoms with Crippen LogP contribution in [0.3, 0.4) is 0 Å². The molecule has 0 heterocycles. The SMILES string of the molecule is CC(C)c1cccc(S(=O)(=O)N[C@@H](C)CO)c1. The van der Waals surface area contributed by atoms with E-state index in [1.54, 1.807) is 25.1 Å². The van der Waals surface area contributed by atoms with Crippen LogP contribution in [0.4, 0.5) is 0 Å². The van der Waals surface area contributed by atoms with Gasteiger partial charge >= 0.3 is 0 Å². The average Bonchev–Trinajstić information content (AvgIpc) is 2.28. The zero-order chi connectivity index (χ0) is 13.1. The van der Waals surface area contributed by atoms with E-state index < -0.39 is 16.1 Å². The van der Waals surface area contributed by atoms with E-state index in [2.05, 4.69) is 4.72 Å². The second-order valence-corrected chi connectivity index (χ2v) is 6.15. The summed E-state index contributed by atoms with van der Waals surface area (Å²) >= 11 is 0. The molecule has 0 aromatic heterocycles. The Bertz CT molecular complexity index is 468. The normalized spacial score (nSPS) is 13.9. The number of sulfonamides is 1. The van der Waals surface area contributed by atoms with Gasteiger partial charge in [-0.05, 0) is 30.5 Å². The molecule has 1 aromatic rings. The lowest BCUT2D eigenvalue weighted by atomic mass is 10.0. The number of nitrogens with one attached hydrogen (secondary N) is 1. The van der Waals surface area contributed by atoms with Gasteiger partial charge in [0.25, 0.3) is 0 Å². The molecule has 0 unspecified atom stereocenters. The highest BCUT2D eigenvalue weighted by molar-refractivity contribution is 7.89. The van der Waals surface area contributed by atoms with Crippen molar-refractivity contribution in [2.24, 2.45) is 0 Å². The molecule has 0 fully saturated rings. The number of hydrogen-bond acceptors (Lipinski definition) is 3. The molecule has 4 nitrogen and oxygen atoms in total. The predicted octanol–water partition coefficient (Wildman–Crippen LogP) is 1.47. The van der Waals surface area contributed by atoms with E-state index in [1.807, 2.05) is 19.9 Å². The van der Waals surface area contributed by atoms with Gasteiger partial charge in [-0.15, -0.1) is 0 Å². The minimum Gasteiger partial charge on any atom is -0.395 e. The molecule has 1 aromatic carbocycles. The van der Waals surface area contributed by atoms with E-state index in [-0.39, 0.29) is 17.4 Å². The molecular formula is C12H19NO3S. The lowest BCUT2D eigenvalue weighted by Gasteiger charge is -2.13. The summed E-state index contributed by atoms with van der Waals surface area (Å²) in [6.07, 6.45) is 0. The van der Waals surface area contributed by atoms with E-state index in [1.165, 1.54) is 0 Å². The molecule has 0 bridgehead atoms. The summed E-state index contributed by atoms with van der Waals surface area (Å²) in [6, 6.07) is 6.37. The van der Waals surface area contributed by atoms with Crippen molar-refractivity contribution in [3.63, 3.8) is 0 Å². The maximum atomic E-state index is 12.0. The van der Waals surface area contributed by atoms with Crippen molar-refractivity contribution >= 4 is 10.0 Å². The molecule has 17 heavy (non-hydrogen) atoms. The van der Waals surface area contributed by atoms with Gasteiger partial charge in [-0.25, -0.2) is 13.1 Å². The molecule has 0 aliphatic rings. The topological polar surface area (TPSA) is 66.4 Å². The number of aliphatic hydroxyl groups excluding tert-OH is 1. The standard InChI is InChI=1S/C12H19NO3S/c1-9(2)11-5-4-6-12(7-11)17(15,16)13-10(3)8-14/h4-7,9-10,13-14H,8H2,1-3H3/t10-/m0/s1. The Hall–Kier alpha value is -0.910. The van der Waals surface area contributed by atoms with Crippen molar-refractivity contribution < 1.29 is 13.5 Å². The van der Waals surface area contributed by atoms with Gasteiger partial charge in [0.2, 0.25) is 10.0 Å². The summed E-state index contributed by atoms with van der Waals surface area (Å²) < 4.78 is 26.3. The smallest absolute Gasteiger partial charge is 0.240 e. The number of rotatable bonds is 5. The molecule has 0 aliphatic carbocycles. The highest BCUT2D eigenvalue weighted by Crippen LogP contribution is 2.18. The Morgan fingerprint density at radius 3 is 2.47 bits per heavy atom. The van der Waals surface area contributed by atoms with Gasteiger partial charge < -0.3 is 5.11 Å². The molecule has 0 saturated carbocycles. The molecule has 0 aliphatic heterocycles. The van der Waals surface area contributed by atoms with Gasteiger partial charge in [-0.2, -0.15) is 0 Å². The van der Waals surface area contributed by atoms with E-state index in [0.717, 1.165) is 5.56 Å². The largest absolute Gasteiger partial charge is 0.395 e. The molecule has 0 amide bonds. The van der Waals surface area contributed by atoms with Crippen LogP contribution in [-0.4, -0.2) is 26.2 Å². The number of hydrogen-bond donors (Lipinski definition) is 2. The van der Waals surface area contributed by atoms with Crippen LogP contribution in [0.2, 0.25) is 0 Å². The Labute approximate surface area is 103 Å². The van der Waals surface area contributed by atoms with Crippen molar-refractivity contribution in [2.45, 2.75) is 37.6 Å². The fourth-order valence-corrected chi connectivity index (χ4v) is 2.70. The maximum absolute atomic E-state index is 12.0. The van der Waals surface area contributed by atoms with E-state index in [0.29, 0.717) is 0 Å². The summed E-state index contributed by atoms with van der Waals surface area (Å²) in [5.74, 6) is 0.278. The Kier molecular flexibility index (Phi) is 4.68. The van der Waals surface area contributed by atoms with Crippen LogP contribution in [0.15, 0.2) is 29.2 Å². The van der Waals surface area contributed by atoms with Crippen molar-refractivity contribution in [2.75, 3.05) is 6.61 Å². The minimum atomic E-state index is -3.54. The summed E-state index contributed by atoms with van der Waals surface area (Å²) in [4.78, 5) is 0.240. The summed E-state index contributed by atoms with van der Waals surface area (Å²) in [6.45, 7) is 5.41. The Morgan fingerprint density at radius 1 is 1.29 bits per heavy atom. The van der Waals surface area contributed by atoms with Crippen molar-refractivity contribution in [3.05, 3.63) is 29.8 Å². The summed E-state index contributed by atoms with van der Waals surface area (Å²) in [7, 11) is -3.54. The van der Waals surface area contributed by atoms with Crippen LogP contribution in [-0.2, 0) is 10.0 Å². The molecule has 1 rings (SSSR count). The van der Waals surface area contributed by atoms with Crippen LogP contribution in [0.5, 0.6) is 0 Å². The maximum Gasteiger partial charge on any atom is 0.240 e. The molecule has 0 saturated heterocycles. The molecular weight excluding hydrogens is 238 g/mol. The zero-order valence-corrected chi connectivity index (χ0v) is 11.2. The second-order valence-electron chi connectivity index (χ2n) is 4.43. The number of benzene rings is 1. The zero-order valence-electron chi connectivity index (χ0n) is 10.3. The molecule has 96 valence electrons. The first-order chi connectivity index (χ1) is 7.86. The lowest BCUT2D eigenvalue weighted by Crippen LogP contribution is -2.35. The predicted molar refractivity (Wildman–Crippen MR) is 67.4 cm³/mol. The number of aliphatic hydroxyl groups is 1. The van der Waals surface area contributed by atoms with Crippen LogP contribution in [0, 0.1) is 0 Å². The average molecular weight is 257 g/mol. The van der Waals surface area contributed by atoms with Crippen LogP contribution >= 0.6 is 0 Å². The van der Waals surface area contributed by atoms with Crippen molar-refractivity contribution in [1.82, 2.24) is 4.72 Å². The quantitative estimate of drug-likeness (QED) is 0.839. The summed E-state index contributed by atoms with van der Waals surface area (Å²) in [5.41, 5.74) is 0.976. The Balaban J connectivity index is 3.03. The summed E-state index contributed by atoms with van der Waals surface area (Å²) in [5, 5.41) is 8.86. The van der Waals surface area contributed by atoms with Crippen molar-refractivity contribution in [3.8, 4) is 0 Å². The molecule has 0 spiro atoms. The fourth-order valence-electron chi connectivity index (χ4n) is 1.41. The third kappa shape index (κ3) is 3.80. The highest BCUT2D eigenvalue weighted by atomic mass is 32.2. The van der Waals surface area contributed by atoms with E-state index in [9.17, 15) is 8.42 Å². The third-order valence-electron chi connectivity index (χ3n) is 2.47. The van der Waals surface area contributed by atoms with Gasteiger partial charge in [0.1, 0.15) is 0 Å². The van der Waals surface area contributed by atoms with Crippen LogP contribution < -0.4 is 4.72 Å². The van der Waals surface area contributed by atoms with Gasteiger partial charge in [-0.3, -0.25) is 0 Å². The second kappa shape index (κ2) is 5.62. The Morgan fingerprint density at radius 2 is 1.94 bits per heavy atom. The first kappa shape index (κ1) is 14.2. The molecule has 0 radical (unpaired) electrons. The lowest BCUT2D eigenvalue weighted by molar-refractivity contribution is 0.265. The van der Waals surface area contributed by atoms with Crippen LogP contribution in [0.1, 0.15) is 32.3 Å². The van der Waals surface area contributed by atoms with Gasteiger partial charge in [0.15, 0.2) is 0 Å². The van der Waals surface area contributed by atoms with Crippen molar-refractivity contribution in [1.29, 1.82) is 0 Å². The molecule has 1 atom stereocenters. The van der Waals surface area contributed by atoms with Gasteiger partial charge in [0, 0.05) is 6.04 Å².